The third kappa shape index (κ3) is 4.67. The van der Waals surface area contributed by atoms with Gasteiger partial charge in [-0.05, 0) is 48.2 Å². The van der Waals surface area contributed by atoms with Crippen molar-refractivity contribution >= 4 is 11.9 Å². The second-order valence-electron chi connectivity index (χ2n) is 8.65. The maximum Gasteiger partial charge on any atom is 0.328 e. The lowest BCUT2D eigenvalue weighted by Crippen LogP contribution is -2.57. The van der Waals surface area contributed by atoms with Crippen LogP contribution in [0.2, 0.25) is 0 Å². The number of hydrogen-bond acceptors (Lipinski definition) is 6. The van der Waals surface area contributed by atoms with Crippen LogP contribution in [0, 0.1) is 0 Å². The Morgan fingerprint density at radius 1 is 0.970 bits per heavy atom. The number of aromatic hydroxyl groups is 1. The Balaban J connectivity index is 1.51. The van der Waals surface area contributed by atoms with E-state index < -0.39 is 5.54 Å². The maximum atomic E-state index is 13.7. The molecule has 0 radical (unpaired) electrons. The summed E-state index contributed by atoms with van der Waals surface area (Å²) in [6, 6.07) is 14.4. The first-order valence-electron chi connectivity index (χ1n) is 11.2. The summed E-state index contributed by atoms with van der Waals surface area (Å²) >= 11 is 0. The van der Waals surface area contributed by atoms with Crippen molar-refractivity contribution in [3.8, 4) is 11.5 Å². The van der Waals surface area contributed by atoms with Gasteiger partial charge in [-0.2, -0.15) is 0 Å². The van der Waals surface area contributed by atoms with E-state index >= 15 is 0 Å². The summed E-state index contributed by atoms with van der Waals surface area (Å²) < 4.78 is 10.5. The summed E-state index contributed by atoms with van der Waals surface area (Å²) in [5.74, 6) is 0.803. The average molecular weight is 454 g/mol. The summed E-state index contributed by atoms with van der Waals surface area (Å²) in [4.78, 5) is 32.4. The number of benzene rings is 2. The van der Waals surface area contributed by atoms with E-state index in [1.165, 1.54) is 4.90 Å². The predicted octanol–water partition coefficient (Wildman–Crippen LogP) is 2.85. The molecule has 0 bridgehead atoms. The molecular formula is C25H31N3O5. The number of urea groups is 1. The number of hydrogen-bond donors (Lipinski definition) is 1. The Labute approximate surface area is 194 Å². The van der Waals surface area contributed by atoms with Crippen LogP contribution in [0.25, 0.3) is 0 Å². The zero-order valence-electron chi connectivity index (χ0n) is 19.2. The molecule has 2 aliphatic heterocycles. The van der Waals surface area contributed by atoms with Crippen molar-refractivity contribution in [1.29, 1.82) is 0 Å². The Hall–Kier alpha value is -3.10. The van der Waals surface area contributed by atoms with Gasteiger partial charge < -0.3 is 19.5 Å². The minimum absolute atomic E-state index is 0.136. The highest BCUT2D eigenvalue weighted by atomic mass is 16.5. The normalized spacial score (nSPS) is 18.4. The van der Waals surface area contributed by atoms with Crippen LogP contribution in [0.5, 0.6) is 11.5 Å². The van der Waals surface area contributed by atoms with Gasteiger partial charge in [-0.15, -0.1) is 0 Å². The number of phenols is 1. The van der Waals surface area contributed by atoms with Gasteiger partial charge in [0.25, 0.3) is 5.91 Å². The van der Waals surface area contributed by atoms with Crippen molar-refractivity contribution < 1.29 is 24.2 Å². The number of piperidine rings is 1. The standard InChI is InChI=1S/C25H31N3O5/c1-32-14-13-28-24(31)27(18-20-6-4-8-22(16-20)33-2)23(30)25(28)9-11-26(12-10-25)17-19-5-3-7-21(29)15-19/h3-8,15-16,29H,9-14,17-18H2,1-2H3. The molecule has 2 aromatic rings. The van der Waals surface area contributed by atoms with E-state index in [1.54, 1.807) is 31.3 Å². The molecule has 0 saturated carbocycles. The van der Waals surface area contributed by atoms with Gasteiger partial charge in [-0.25, -0.2) is 4.79 Å². The Kier molecular flexibility index (Phi) is 6.85. The topological polar surface area (TPSA) is 82.6 Å². The lowest BCUT2D eigenvalue weighted by Gasteiger charge is -2.42. The van der Waals surface area contributed by atoms with Crippen LogP contribution in [0.4, 0.5) is 4.79 Å². The van der Waals surface area contributed by atoms with Gasteiger partial charge in [0.15, 0.2) is 0 Å². The van der Waals surface area contributed by atoms with Crippen LogP contribution >= 0.6 is 0 Å². The molecule has 2 aliphatic rings. The molecule has 0 unspecified atom stereocenters. The summed E-state index contributed by atoms with van der Waals surface area (Å²) in [6.45, 7) is 3.03. The molecule has 0 atom stereocenters. The lowest BCUT2D eigenvalue weighted by atomic mass is 9.85. The number of ether oxygens (including phenoxy) is 2. The van der Waals surface area contributed by atoms with E-state index in [0.29, 0.717) is 51.4 Å². The summed E-state index contributed by atoms with van der Waals surface area (Å²) in [7, 11) is 3.19. The molecule has 2 fully saturated rings. The van der Waals surface area contributed by atoms with E-state index in [9.17, 15) is 14.7 Å². The Morgan fingerprint density at radius 2 is 1.67 bits per heavy atom. The highest BCUT2D eigenvalue weighted by Gasteiger charge is 2.57. The fourth-order valence-corrected chi connectivity index (χ4v) is 4.85. The second kappa shape index (κ2) is 9.80. The van der Waals surface area contributed by atoms with Gasteiger partial charge >= 0.3 is 6.03 Å². The van der Waals surface area contributed by atoms with Crippen LogP contribution in [0.1, 0.15) is 24.0 Å². The minimum atomic E-state index is -0.843. The monoisotopic (exact) mass is 453 g/mol. The smallest absolute Gasteiger partial charge is 0.328 e. The van der Waals surface area contributed by atoms with Crippen LogP contribution in [-0.2, 0) is 22.6 Å². The molecule has 176 valence electrons. The largest absolute Gasteiger partial charge is 0.508 e. The number of likely N-dealkylation sites (tertiary alicyclic amines) is 1. The van der Waals surface area contributed by atoms with E-state index in [4.69, 9.17) is 9.47 Å². The fourth-order valence-electron chi connectivity index (χ4n) is 4.85. The SMILES string of the molecule is COCCN1C(=O)N(Cc2cccc(OC)c2)C(=O)C12CCN(Cc1cccc(O)c1)CC2. The summed E-state index contributed by atoms with van der Waals surface area (Å²) in [5.41, 5.74) is 1.03. The molecule has 33 heavy (non-hydrogen) atoms. The molecule has 8 nitrogen and oxygen atoms in total. The molecule has 0 aliphatic carbocycles. The first kappa shape index (κ1) is 23.1. The Bertz CT molecular complexity index is 1000. The highest BCUT2D eigenvalue weighted by Crippen LogP contribution is 2.38. The van der Waals surface area contributed by atoms with Gasteiger partial charge in [-0.1, -0.05) is 24.3 Å². The Morgan fingerprint density at radius 3 is 2.33 bits per heavy atom. The third-order valence-corrected chi connectivity index (χ3v) is 6.62. The summed E-state index contributed by atoms with van der Waals surface area (Å²) in [5, 5.41) is 9.74. The number of carbonyl (C=O) groups is 2. The molecule has 4 rings (SSSR count). The van der Waals surface area contributed by atoms with Crippen molar-refractivity contribution in [3.05, 3.63) is 59.7 Å². The molecule has 2 heterocycles. The molecule has 0 aromatic heterocycles. The minimum Gasteiger partial charge on any atom is -0.508 e. The van der Waals surface area contributed by atoms with Gasteiger partial charge in [-0.3, -0.25) is 14.6 Å². The number of carbonyl (C=O) groups excluding carboxylic acids is 2. The maximum absolute atomic E-state index is 13.7. The molecule has 3 amide bonds. The zero-order valence-corrected chi connectivity index (χ0v) is 19.2. The molecule has 1 spiro atoms. The van der Waals surface area contributed by atoms with Crippen LogP contribution < -0.4 is 4.74 Å². The third-order valence-electron chi connectivity index (χ3n) is 6.62. The van der Waals surface area contributed by atoms with E-state index in [0.717, 1.165) is 11.1 Å². The van der Waals surface area contributed by atoms with Crippen molar-refractivity contribution in [3.63, 3.8) is 0 Å². The van der Waals surface area contributed by atoms with Gasteiger partial charge in [0.05, 0.1) is 20.3 Å². The van der Waals surface area contributed by atoms with E-state index in [2.05, 4.69) is 4.90 Å². The van der Waals surface area contributed by atoms with Crippen molar-refractivity contribution in [2.75, 3.05) is 40.5 Å². The second-order valence-corrected chi connectivity index (χ2v) is 8.65. The average Bonchev–Trinajstić information content (AvgIpc) is 3.00. The number of nitrogens with zero attached hydrogens (tertiary/aromatic N) is 3. The van der Waals surface area contributed by atoms with Gasteiger partial charge in [0, 0.05) is 33.3 Å². The lowest BCUT2D eigenvalue weighted by molar-refractivity contribution is -0.136. The molecule has 2 saturated heterocycles. The quantitative estimate of drug-likeness (QED) is 0.619. The molecule has 1 N–H and O–H groups in total. The van der Waals surface area contributed by atoms with E-state index in [1.807, 2.05) is 36.4 Å². The first-order valence-corrected chi connectivity index (χ1v) is 11.2. The highest BCUT2D eigenvalue weighted by molar-refractivity contribution is 6.07. The first-order chi connectivity index (χ1) is 16.0. The van der Waals surface area contributed by atoms with Gasteiger partial charge in [0.2, 0.25) is 0 Å². The van der Waals surface area contributed by atoms with E-state index in [-0.39, 0.29) is 24.2 Å². The fraction of sp³-hybridized carbons (Fsp3) is 0.440. The molecule has 2 aromatic carbocycles. The van der Waals surface area contributed by atoms with Crippen molar-refractivity contribution in [2.45, 2.75) is 31.5 Å². The zero-order chi connectivity index (χ0) is 23.4. The molecule has 8 heteroatoms. The van der Waals surface area contributed by atoms with Gasteiger partial charge in [0.1, 0.15) is 17.0 Å². The number of imide groups is 1. The number of amides is 3. The number of methoxy groups -OCH3 is 2. The summed E-state index contributed by atoms with van der Waals surface area (Å²) in [6.07, 6.45) is 1.13. The number of phenolic OH excluding ortho intramolecular Hbond substituents is 1. The van der Waals surface area contributed by atoms with Crippen LogP contribution in [0.3, 0.4) is 0 Å². The van der Waals surface area contributed by atoms with Crippen molar-refractivity contribution in [1.82, 2.24) is 14.7 Å². The number of rotatable bonds is 8. The molecular weight excluding hydrogens is 422 g/mol. The predicted molar refractivity (Wildman–Crippen MR) is 123 cm³/mol. The van der Waals surface area contributed by atoms with Crippen LogP contribution in [-0.4, -0.2) is 77.7 Å². The van der Waals surface area contributed by atoms with Crippen molar-refractivity contribution in [2.24, 2.45) is 0 Å². The van der Waals surface area contributed by atoms with Crippen LogP contribution in [0.15, 0.2) is 48.5 Å².